The molecule has 78 valence electrons. The van der Waals surface area contributed by atoms with Gasteiger partial charge in [0.15, 0.2) is 0 Å². The Kier molecular flexibility index (Phi) is 6.37. The highest BCUT2D eigenvalue weighted by Gasteiger charge is 2.18. The van der Waals surface area contributed by atoms with Crippen molar-refractivity contribution in [2.24, 2.45) is 5.92 Å². The maximum Gasteiger partial charge on any atom is 0.317 e. The third-order valence-corrected chi connectivity index (χ3v) is 2.28. The van der Waals surface area contributed by atoms with Gasteiger partial charge in [0, 0.05) is 20.1 Å². The van der Waals surface area contributed by atoms with Crippen LogP contribution in [-0.4, -0.2) is 31.1 Å². The second kappa shape index (κ2) is 6.75. The van der Waals surface area contributed by atoms with Crippen molar-refractivity contribution in [1.82, 2.24) is 10.2 Å². The number of amides is 2. The average molecular weight is 186 g/mol. The molecule has 0 aromatic carbocycles. The van der Waals surface area contributed by atoms with Crippen LogP contribution in [0.5, 0.6) is 0 Å². The zero-order valence-electron chi connectivity index (χ0n) is 9.26. The van der Waals surface area contributed by atoms with Crippen LogP contribution in [0.4, 0.5) is 4.79 Å². The number of carbonyl (C=O) groups is 1. The largest absolute Gasteiger partial charge is 0.341 e. The lowest BCUT2D eigenvalue weighted by atomic mass is 10.00. The molecule has 0 aromatic heterocycles. The van der Waals surface area contributed by atoms with Gasteiger partial charge >= 0.3 is 6.03 Å². The van der Waals surface area contributed by atoms with Gasteiger partial charge in [0.25, 0.3) is 0 Å². The van der Waals surface area contributed by atoms with E-state index in [1.807, 2.05) is 18.7 Å². The maximum absolute atomic E-state index is 11.1. The van der Waals surface area contributed by atoms with Crippen LogP contribution in [0.2, 0.25) is 0 Å². The lowest BCUT2D eigenvalue weighted by Gasteiger charge is -2.29. The smallest absolute Gasteiger partial charge is 0.317 e. The van der Waals surface area contributed by atoms with E-state index < -0.39 is 0 Å². The average Bonchev–Trinajstić information content (AvgIpc) is 2.21. The Bertz CT molecular complexity index is 140. The normalized spacial score (nSPS) is 17.4. The van der Waals surface area contributed by atoms with Crippen LogP contribution in [0.1, 0.15) is 33.6 Å². The molecule has 3 nitrogen and oxygen atoms in total. The molecular formula is C10H22N2O. The Morgan fingerprint density at radius 1 is 1.31 bits per heavy atom. The second-order valence-electron chi connectivity index (χ2n) is 3.22. The minimum Gasteiger partial charge on any atom is -0.341 e. The third kappa shape index (κ3) is 4.15. The molecule has 1 aliphatic heterocycles. The Balaban J connectivity index is 0.000000671. The van der Waals surface area contributed by atoms with Crippen LogP contribution in [0.15, 0.2) is 0 Å². The molecule has 0 spiro atoms. The molecule has 1 aliphatic rings. The zero-order valence-corrected chi connectivity index (χ0v) is 9.26. The molecule has 1 fully saturated rings. The summed E-state index contributed by atoms with van der Waals surface area (Å²) in [7, 11) is 1.68. The number of rotatable bonds is 0. The second-order valence-corrected chi connectivity index (χ2v) is 3.22. The number of carbonyl (C=O) groups excluding carboxylic acids is 1. The van der Waals surface area contributed by atoms with E-state index in [1.165, 1.54) is 0 Å². The molecule has 13 heavy (non-hydrogen) atoms. The number of nitrogens with one attached hydrogen (secondary N) is 1. The summed E-state index contributed by atoms with van der Waals surface area (Å²) >= 11 is 0. The SMILES string of the molecule is CC.CNC(=O)N1CCC(C)CC1. The van der Waals surface area contributed by atoms with Crippen LogP contribution < -0.4 is 5.32 Å². The van der Waals surface area contributed by atoms with E-state index in [0.29, 0.717) is 0 Å². The van der Waals surface area contributed by atoms with Crippen LogP contribution >= 0.6 is 0 Å². The molecule has 0 atom stereocenters. The predicted octanol–water partition coefficient (Wildman–Crippen LogP) is 2.08. The van der Waals surface area contributed by atoms with Gasteiger partial charge in [-0.3, -0.25) is 0 Å². The molecule has 1 heterocycles. The lowest BCUT2D eigenvalue weighted by Crippen LogP contribution is -2.42. The van der Waals surface area contributed by atoms with Crippen molar-refractivity contribution in [2.45, 2.75) is 33.6 Å². The van der Waals surface area contributed by atoms with Crippen molar-refractivity contribution in [1.29, 1.82) is 0 Å². The van der Waals surface area contributed by atoms with Gasteiger partial charge in [0.05, 0.1) is 0 Å². The molecule has 0 aromatic rings. The quantitative estimate of drug-likeness (QED) is 0.617. The van der Waals surface area contributed by atoms with Gasteiger partial charge in [-0.15, -0.1) is 0 Å². The van der Waals surface area contributed by atoms with E-state index >= 15 is 0 Å². The monoisotopic (exact) mass is 186 g/mol. The third-order valence-electron chi connectivity index (χ3n) is 2.28. The first-order valence-electron chi connectivity index (χ1n) is 5.20. The molecule has 0 radical (unpaired) electrons. The number of likely N-dealkylation sites (tertiary alicyclic amines) is 1. The summed E-state index contributed by atoms with van der Waals surface area (Å²) in [5.74, 6) is 0.788. The van der Waals surface area contributed by atoms with Crippen LogP contribution in [0, 0.1) is 5.92 Å². The van der Waals surface area contributed by atoms with Gasteiger partial charge < -0.3 is 10.2 Å². The molecule has 0 saturated carbocycles. The van der Waals surface area contributed by atoms with Crippen molar-refractivity contribution in [2.75, 3.05) is 20.1 Å². The van der Waals surface area contributed by atoms with E-state index in [9.17, 15) is 4.79 Å². The Labute approximate surface area is 81.5 Å². The molecule has 0 aliphatic carbocycles. The van der Waals surface area contributed by atoms with Crippen LogP contribution in [0.25, 0.3) is 0 Å². The van der Waals surface area contributed by atoms with Gasteiger partial charge in [0.2, 0.25) is 0 Å². The van der Waals surface area contributed by atoms with E-state index in [-0.39, 0.29) is 6.03 Å². The highest BCUT2D eigenvalue weighted by atomic mass is 16.2. The Morgan fingerprint density at radius 2 is 1.77 bits per heavy atom. The molecule has 0 unspecified atom stereocenters. The highest BCUT2D eigenvalue weighted by molar-refractivity contribution is 5.73. The van der Waals surface area contributed by atoms with Gasteiger partial charge in [-0.25, -0.2) is 4.79 Å². The van der Waals surface area contributed by atoms with Gasteiger partial charge in [0.1, 0.15) is 0 Å². The molecule has 3 heteroatoms. The fourth-order valence-corrected chi connectivity index (χ4v) is 1.37. The highest BCUT2D eigenvalue weighted by Crippen LogP contribution is 2.15. The zero-order chi connectivity index (χ0) is 10.3. The van der Waals surface area contributed by atoms with Crippen LogP contribution in [0.3, 0.4) is 0 Å². The number of nitrogens with zero attached hydrogens (tertiary/aromatic N) is 1. The Morgan fingerprint density at radius 3 is 2.15 bits per heavy atom. The molecule has 0 bridgehead atoms. The number of hydrogen-bond acceptors (Lipinski definition) is 1. The van der Waals surface area contributed by atoms with Crippen molar-refractivity contribution < 1.29 is 4.79 Å². The first-order chi connectivity index (χ1) is 6.24. The minimum absolute atomic E-state index is 0.0666. The van der Waals surface area contributed by atoms with Crippen molar-refractivity contribution in [3.8, 4) is 0 Å². The first-order valence-corrected chi connectivity index (χ1v) is 5.20. The van der Waals surface area contributed by atoms with E-state index in [2.05, 4.69) is 12.2 Å². The Hall–Kier alpha value is -0.730. The molecular weight excluding hydrogens is 164 g/mol. The van der Waals surface area contributed by atoms with Crippen molar-refractivity contribution >= 4 is 6.03 Å². The summed E-state index contributed by atoms with van der Waals surface area (Å²) in [5, 5.41) is 2.64. The summed E-state index contributed by atoms with van der Waals surface area (Å²) in [6.45, 7) is 8.07. The molecule has 1 rings (SSSR count). The number of piperidine rings is 1. The fraction of sp³-hybridized carbons (Fsp3) is 0.900. The molecule has 1 saturated heterocycles. The predicted molar refractivity (Wildman–Crippen MR) is 55.8 cm³/mol. The van der Waals surface area contributed by atoms with Gasteiger partial charge in [-0.05, 0) is 18.8 Å². The summed E-state index contributed by atoms with van der Waals surface area (Å²) in [6, 6.07) is 0.0666. The van der Waals surface area contributed by atoms with Crippen molar-refractivity contribution in [3.05, 3.63) is 0 Å². The van der Waals surface area contributed by atoms with Gasteiger partial charge in [-0.2, -0.15) is 0 Å². The molecule has 2 amide bonds. The van der Waals surface area contributed by atoms with E-state index in [0.717, 1.165) is 31.8 Å². The summed E-state index contributed by atoms with van der Waals surface area (Å²) in [4.78, 5) is 13.0. The van der Waals surface area contributed by atoms with Gasteiger partial charge in [-0.1, -0.05) is 20.8 Å². The van der Waals surface area contributed by atoms with Crippen LogP contribution in [-0.2, 0) is 0 Å². The maximum atomic E-state index is 11.1. The first kappa shape index (κ1) is 12.3. The molecule has 1 N–H and O–H groups in total. The topological polar surface area (TPSA) is 32.3 Å². The summed E-state index contributed by atoms with van der Waals surface area (Å²) < 4.78 is 0. The summed E-state index contributed by atoms with van der Waals surface area (Å²) in [5.41, 5.74) is 0. The standard InChI is InChI=1S/C8H16N2O.C2H6/c1-7-3-5-10(6-4-7)8(11)9-2;1-2/h7H,3-6H2,1-2H3,(H,9,11);1-2H3. The fourth-order valence-electron chi connectivity index (χ4n) is 1.37. The minimum atomic E-state index is 0.0666. The van der Waals surface area contributed by atoms with E-state index in [4.69, 9.17) is 0 Å². The lowest BCUT2D eigenvalue weighted by molar-refractivity contribution is 0.176. The summed E-state index contributed by atoms with van der Waals surface area (Å²) in [6.07, 6.45) is 2.29. The number of hydrogen-bond donors (Lipinski definition) is 1. The van der Waals surface area contributed by atoms with E-state index in [1.54, 1.807) is 7.05 Å². The number of urea groups is 1. The van der Waals surface area contributed by atoms with Crippen molar-refractivity contribution in [3.63, 3.8) is 0 Å².